The molecule has 21 heavy (non-hydrogen) atoms. The number of anilines is 1. The van der Waals surface area contributed by atoms with E-state index in [9.17, 15) is 24.1 Å². The number of nitro groups is 1. The Bertz CT molecular complexity index is 658. The largest absolute Gasteiger partial charge is 0.395 e. The minimum absolute atomic E-state index is 0.184. The molecule has 0 spiro atoms. The molecule has 0 bridgehead atoms. The van der Waals surface area contributed by atoms with Gasteiger partial charge in [-0.3, -0.25) is 24.6 Å². The monoisotopic (exact) mass is 295 g/mol. The van der Waals surface area contributed by atoms with Crippen LogP contribution in [0.15, 0.2) is 30.0 Å². The molecule has 2 N–H and O–H groups in total. The van der Waals surface area contributed by atoms with E-state index in [0.717, 1.165) is 29.2 Å². The topological polar surface area (TPSA) is 113 Å². The molecule has 1 aromatic carbocycles. The SMILES string of the molecule is O=C1C=C(Nc2cc([N+](=O)[O-])ccc2F)C(=O)N1CCO. The zero-order chi connectivity index (χ0) is 15.6. The maximum atomic E-state index is 13.6. The van der Waals surface area contributed by atoms with E-state index in [0.29, 0.717) is 0 Å². The van der Waals surface area contributed by atoms with E-state index in [1.54, 1.807) is 0 Å². The third kappa shape index (κ3) is 2.87. The average molecular weight is 295 g/mol. The summed E-state index contributed by atoms with van der Waals surface area (Å²) in [5.41, 5.74) is -0.862. The van der Waals surface area contributed by atoms with Gasteiger partial charge in [-0.1, -0.05) is 0 Å². The van der Waals surface area contributed by atoms with Gasteiger partial charge >= 0.3 is 0 Å². The first-order valence-electron chi connectivity index (χ1n) is 5.83. The lowest BCUT2D eigenvalue weighted by molar-refractivity contribution is -0.384. The van der Waals surface area contributed by atoms with Gasteiger partial charge in [0.15, 0.2) is 0 Å². The van der Waals surface area contributed by atoms with E-state index in [2.05, 4.69) is 5.32 Å². The molecule has 1 heterocycles. The number of carbonyl (C=O) groups is 2. The van der Waals surface area contributed by atoms with Gasteiger partial charge in [0.2, 0.25) is 0 Å². The summed E-state index contributed by atoms with van der Waals surface area (Å²) < 4.78 is 13.6. The molecule has 1 aromatic rings. The van der Waals surface area contributed by atoms with Crippen molar-refractivity contribution in [2.75, 3.05) is 18.5 Å². The van der Waals surface area contributed by atoms with E-state index in [1.165, 1.54) is 0 Å². The first kappa shape index (κ1) is 14.6. The van der Waals surface area contributed by atoms with Crippen molar-refractivity contribution in [3.63, 3.8) is 0 Å². The number of nitrogens with one attached hydrogen (secondary N) is 1. The molecule has 1 aliphatic rings. The van der Waals surface area contributed by atoms with Crippen molar-refractivity contribution in [1.29, 1.82) is 0 Å². The number of β-amino-alcohol motifs (C(OH)–C–C–N with tert-alkyl or cyclic N) is 1. The van der Waals surface area contributed by atoms with Crippen LogP contribution >= 0.6 is 0 Å². The number of aliphatic hydroxyl groups excluding tert-OH is 1. The van der Waals surface area contributed by atoms with Crippen LogP contribution in [0.1, 0.15) is 0 Å². The molecule has 0 saturated heterocycles. The van der Waals surface area contributed by atoms with Crippen molar-refractivity contribution in [1.82, 2.24) is 4.90 Å². The Labute approximate surface area is 117 Å². The Morgan fingerprint density at radius 2 is 2.10 bits per heavy atom. The second kappa shape index (κ2) is 5.67. The number of rotatable bonds is 5. The molecule has 0 unspecified atom stereocenters. The van der Waals surface area contributed by atoms with Crippen molar-refractivity contribution in [2.24, 2.45) is 0 Å². The molecule has 0 radical (unpaired) electrons. The average Bonchev–Trinajstić information content (AvgIpc) is 2.69. The highest BCUT2D eigenvalue weighted by Gasteiger charge is 2.31. The number of amides is 2. The van der Waals surface area contributed by atoms with Gasteiger partial charge < -0.3 is 10.4 Å². The predicted octanol–water partition coefficient (Wildman–Crippen LogP) is 0.391. The van der Waals surface area contributed by atoms with Gasteiger partial charge in [-0.25, -0.2) is 4.39 Å². The third-order valence-electron chi connectivity index (χ3n) is 2.76. The molecular formula is C12H10FN3O5. The number of benzene rings is 1. The first-order valence-corrected chi connectivity index (χ1v) is 5.83. The molecule has 0 atom stereocenters. The second-order valence-corrected chi connectivity index (χ2v) is 4.12. The van der Waals surface area contributed by atoms with Crippen LogP contribution in [0.4, 0.5) is 15.8 Å². The maximum Gasteiger partial charge on any atom is 0.277 e. The number of hydrogen-bond acceptors (Lipinski definition) is 6. The number of hydrogen-bond donors (Lipinski definition) is 2. The van der Waals surface area contributed by atoms with Crippen molar-refractivity contribution in [3.05, 3.63) is 45.9 Å². The van der Waals surface area contributed by atoms with Crippen molar-refractivity contribution >= 4 is 23.2 Å². The summed E-state index contributed by atoms with van der Waals surface area (Å²) in [6.07, 6.45) is 0.941. The van der Waals surface area contributed by atoms with Gasteiger partial charge in [-0.2, -0.15) is 0 Å². The van der Waals surface area contributed by atoms with Crippen LogP contribution in [0.2, 0.25) is 0 Å². The van der Waals surface area contributed by atoms with Gasteiger partial charge in [0.25, 0.3) is 17.5 Å². The van der Waals surface area contributed by atoms with Crippen LogP contribution in [0, 0.1) is 15.9 Å². The molecule has 1 aliphatic heterocycles. The van der Waals surface area contributed by atoms with Gasteiger partial charge in [0.1, 0.15) is 11.5 Å². The van der Waals surface area contributed by atoms with E-state index < -0.39 is 29.2 Å². The molecule has 0 saturated carbocycles. The van der Waals surface area contributed by atoms with Crippen LogP contribution in [0.3, 0.4) is 0 Å². The van der Waals surface area contributed by atoms with Crippen molar-refractivity contribution in [2.45, 2.75) is 0 Å². The molecule has 0 aliphatic carbocycles. The lowest BCUT2D eigenvalue weighted by Gasteiger charge is -2.13. The Balaban J connectivity index is 2.25. The lowest BCUT2D eigenvalue weighted by atomic mass is 10.2. The van der Waals surface area contributed by atoms with Crippen LogP contribution in [0.5, 0.6) is 0 Å². The lowest BCUT2D eigenvalue weighted by Crippen LogP contribution is -2.34. The summed E-state index contributed by atoms with van der Waals surface area (Å²) in [5.74, 6) is -2.19. The van der Waals surface area contributed by atoms with Gasteiger partial charge in [0, 0.05) is 18.2 Å². The highest BCUT2D eigenvalue weighted by atomic mass is 19.1. The first-order chi connectivity index (χ1) is 9.93. The molecular weight excluding hydrogens is 285 g/mol. The summed E-state index contributed by atoms with van der Waals surface area (Å²) in [5, 5.41) is 21.8. The molecule has 8 nitrogen and oxygen atoms in total. The number of imide groups is 1. The number of nitrogens with zero attached hydrogens (tertiary/aromatic N) is 2. The molecule has 0 aromatic heterocycles. The number of non-ortho nitro benzene ring substituents is 1. The zero-order valence-electron chi connectivity index (χ0n) is 10.6. The fourth-order valence-electron chi connectivity index (χ4n) is 1.78. The number of carbonyl (C=O) groups excluding carboxylic acids is 2. The maximum absolute atomic E-state index is 13.6. The van der Waals surface area contributed by atoms with Crippen LogP contribution < -0.4 is 5.32 Å². The van der Waals surface area contributed by atoms with E-state index in [4.69, 9.17) is 5.11 Å². The quantitative estimate of drug-likeness (QED) is 0.461. The number of nitro benzene ring substituents is 1. The number of aliphatic hydroxyl groups is 1. The minimum Gasteiger partial charge on any atom is -0.395 e. The van der Waals surface area contributed by atoms with Crippen LogP contribution in [-0.4, -0.2) is 39.9 Å². The third-order valence-corrected chi connectivity index (χ3v) is 2.76. The van der Waals surface area contributed by atoms with Gasteiger partial charge in [-0.05, 0) is 6.07 Å². The fraction of sp³-hybridized carbons (Fsp3) is 0.167. The summed E-state index contributed by atoms with van der Waals surface area (Å²) in [4.78, 5) is 34.1. The van der Waals surface area contributed by atoms with Crippen molar-refractivity contribution in [3.8, 4) is 0 Å². The molecule has 2 amide bonds. The van der Waals surface area contributed by atoms with Gasteiger partial charge in [0.05, 0.1) is 23.8 Å². The second-order valence-electron chi connectivity index (χ2n) is 4.12. The van der Waals surface area contributed by atoms with Gasteiger partial charge in [-0.15, -0.1) is 0 Å². The Morgan fingerprint density at radius 3 is 2.71 bits per heavy atom. The normalized spacial score (nSPS) is 14.4. The van der Waals surface area contributed by atoms with Crippen LogP contribution in [-0.2, 0) is 9.59 Å². The van der Waals surface area contributed by atoms with E-state index in [-0.39, 0.29) is 23.6 Å². The highest BCUT2D eigenvalue weighted by Crippen LogP contribution is 2.24. The minimum atomic E-state index is -0.803. The van der Waals surface area contributed by atoms with Crippen LogP contribution in [0.25, 0.3) is 0 Å². The Hall–Kier alpha value is -2.81. The molecule has 110 valence electrons. The fourth-order valence-corrected chi connectivity index (χ4v) is 1.78. The zero-order valence-corrected chi connectivity index (χ0v) is 10.6. The summed E-state index contributed by atoms with van der Waals surface area (Å²) in [6.45, 7) is -0.583. The predicted molar refractivity (Wildman–Crippen MR) is 68.6 cm³/mol. The Kier molecular flexibility index (Phi) is 3.94. The molecule has 9 heteroatoms. The standard InChI is InChI=1S/C12H10FN3O5/c13-8-2-1-7(16(20)21)5-9(8)14-10-6-11(18)15(3-4-17)12(10)19/h1-2,5-6,14,17H,3-4H2. The summed E-state index contributed by atoms with van der Waals surface area (Å²) >= 11 is 0. The molecule has 2 rings (SSSR count). The summed E-state index contributed by atoms with van der Waals surface area (Å²) in [6, 6.07) is 2.78. The van der Waals surface area contributed by atoms with Crippen molar-refractivity contribution < 1.29 is 24.0 Å². The summed E-state index contributed by atoms with van der Waals surface area (Å²) in [7, 11) is 0. The van der Waals surface area contributed by atoms with E-state index in [1.807, 2.05) is 0 Å². The Morgan fingerprint density at radius 1 is 1.38 bits per heavy atom. The molecule has 0 fully saturated rings. The smallest absolute Gasteiger partial charge is 0.277 e. The number of halogens is 1. The van der Waals surface area contributed by atoms with E-state index >= 15 is 0 Å². The highest BCUT2D eigenvalue weighted by molar-refractivity contribution is 6.17.